The second-order valence-corrected chi connectivity index (χ2v) is 5.94. The van der Waals surface area contributed by atoms with Crippen molar-refractivity contribution in [2.75, 3.05) is 18.5 Å². The number of benzene rings is 2. The third-order valence-corrected chi connectivity index (χ3v) is 3.90. The molecule has 1 heterocycles. The van der Waals surface area contributed by atoms with Gasteiger partial charge in [-0.25, -0.2) is 0 Å². The van der Waals surface area contributed by atoms with Gasteiger partial charge in [-0.3, -0.25) is 4.79 Å². The zero-order valence-electron chi connectivity index (χ0n) is 14.7. The van der Waals surface area contributed by atoms with Crippen molar-refractivity contribution in [1.82, 2.24) is 10.2 Å². The number of halogens is 1. The molecule has 1 N–H and O–H groups in total. The largest absolute Gasteiger partial charge is 0.482 e. The van der Waals surface area contributed by atoms with Gasteiger partial charge in [0.2, 0.25) is 5.88 Å². The second-order valence-electron chi connectivity index (χ2n) is 5.53. The Balaban J connectivity index is 1.57. The predicted molar refractivity (Wildman–Crippen MR) is 104 cm³/mol. The summed E-state index contributed by atoms with van der Waals surface area (Å²) in [6.07, 6.45) is 0. The molecule has 2 aromatic carbocycles. The minimum Gasteiger partial charge on any atom is -0.482 e. The summed E-state index contributed by atoms with van der Waals surface area (Å²) in [5.41, 5.74) is 2.26. The Labute approximate surface area is 162 Å². The van der Waals surface area contributed by atoms with Gasteiger partial charge in [0.1, 0.15) is 5.75 Å². The van der Waals surface area contributed by atoms with Crippen molar-refractivity contribution in [3.8, 4) is 22.9 Å². The Morgan fingerprint density at radius 3 is 2.44 bits per heavy atom. The van der Waals surface area contributed by atoms with Gasteiger partial charge in [-0.2, -0.15) is 0 Å². The summed E-state index contributed by atoms with van der Waals surface area (Å²) in [7, 11) is 0. The van der Waals surface area contributed by atoms with Gasteiger partial charge >= 0.3 is 0 Å². The van der Waals surface area contributed by atoms with Crippen molar-refractivity contribution >= 4 is 23.2 Å². The van der Waals surface area contributed by atoms with E-state index >= 15 is 0 Å². The fourth-order valence-electron chi connectivity index (χ4n) is 2.33. The van der Waals surface area contributed by atoms with Gasteiger partial charge in [0.05, 0.1) is 17.3 Å². The number of hydrogen-bond acceptors (Lipinski definition) is 5. The fourth-order valence-corrected chi connectivity index (χ4v) is 2.52. The molecule has 3 aromatic rings. The molecule has 1 amide bonds. The van der Waals surface area contributed by atoms with E-state index in [1.54, 1.807) is 42.5 Å². The SMILES string of the molecule is CCOc1ccc(-c2ccc(NC(=O)COc3ccccc3Cl)cc2)nn1. The minimum atomic E-state index is -0.275. The average Bonchev–Trinajstić information content (AvgIpc) is 2.69. The Morgan fingerprint density at radius 2 is 1.78 bits per heavy atom. The van der Waals surface area contributed by atoms with E-state index in [4.69, 9.17) is 21.1 Å². The van der Waals surface area contributed by atoms with Crippen molar-refractivity contribution in [3.05, 3.63) is 65.7 Å². The van der Waals surface area contributed by atoms with Crippen LogP contribution in [0.1, 0.15) is 6.92 Å². The van der Waals surface area contributed by atoms with Crippen molar-refractivity contribution in [2.45, 2.75) is 6.92 Å². The summed E-state index contributed by atoms with van der Waals surface area (Å²) in [6.45, 7) is 2.31. The molecule has 138 valence electrons. The number of hydrogen-bond donors (Lipinski definition) is 1. The lowest BCUT2D eigenvalue weighted by Gasteiger charge is -2.09. The lowest BCUT2D eigenvalue weighted by Crippen LogP contribution is -2.20. The van der Waals surface area contributed by atoms with Crippen LogP contribution in [0.2, 0.25) is 5.02 Å². The van der Waals surface area contributed by atoms with Crippen LogP contribution in [-0.4, -0.2) is 29.3 Å². The third-order valence-electron chi connectivity index (χ3n) is 3.59. The highest BCUT2D eigenvalue weighted by Crippen LogP contribution is 2.23. The van der Waals surface area contributed by atoms with E-state index in [2.05, 4.69) is 15.5 Å². The van der Waals surface area contributed by atoms with Crippen LogP contribution < -0.4 is 14.8 Å². The maximum absolute atomic E-state index is 12.0. The fraction of sp³-hybridized carbons (Fsp3) is 0.150. The first kappa shape index (κ1) is 18.7. The van der Waals surface area contributed by atoms with Gasteiger partial charge in [-0.1, -0.05) is 35.9 Å². The molecule has 0 unspecified atom stereocenters. The van der Waals surface area contributed by atoms with Gasteiger partial charge < -0.3 is 14.8 Å². The molecular weight excluding hydrogens is 366 g/mol. The summed E-state index contributed by atoms with van der Waals surface area (Å²) < 4.78 is 10.7. The Morgan fingerprint density at radius 1 is 1.00 bits per heavy atom. The third kappa shape index (κ3) is 5.18. The molecule has 0 bridgehead atoms. The van der Waals surface area contributed by atoms with E-state index in [9.17, 15) is 4.79 Å². The molecule has 0 aliphatic heterocycles. The van der Waals surface area contributed by atoms with Crippen LogP contribution in [0.4, 0.5) is 5.69 Å². The van der Waals surface area contributed by atoms with E-state index < -0.39 is 0 Å². The van der Waals surface area contributed by atoms with Crippen LogP contribution in [0.15, 0.2) is 60.7 Å². The van der Waals surface area contributed by atoms with Gasteiger partial charge in [0.15, 0.2) is 6.61 Å². The predicted octanol–water partition coefficient (Wildman–Crippen LogP) is 4.21. The van der Waals surface area contributed by atoms with E-state index in [1.165, 1.54) is 0 Å². The normalized spacial score (nSPS) is 10.3. The van der Waals surface area contributed by atoms with Crippen LogP contribution in [0.3, 0.4) is 0 Å². The number of amides is 1. The molecule has 3 rings (SSSR count). The molecule has 1 aromatic heterocycles. The van der Waals surface area contributed by atoms with Gasteiger partial charge in [0, 0.05) is 17.3 Å². The van der Waals surface area contributed by atoms with Crippen LogP contribution >= 0.6 is 11.6 Å². The van der Waals surface area contributed by atoms with E-state index in [0.717, 1.165) is 11.3 Å². The molecule has 0 atom stereocenters. The number of nitrogens with one attached hydrogen (secondary N) is 1. The first-order valence-corrected chi connectivity index (χ1v) is 8.77. The van der Waals surface area contributed by atoms with Crippen LogP contribution in [0, 0.1) is 0 Å². The molecule has 0 aliphatic carbocycles. The van der Waals surface area contributed by atoms with Crippen molar-refractivity contribution in [3.63, 3.8) is 0 Å². The molecule has 7 heteroatoms. The molecule has 0 saturated heterocycles. The highest BCUT2D eigenvalue weighted by atomic mass is 35.5. The highest BCUT2D eigenvalue weighted by Gasteiger charge is 2.07. The second kappa shape index (κ2) is 9.00. The Hall–Kier alpha value is -3.12. The first-order chi connectivity index (χ1) is 13.2. The van der Waals surface area contributed by atoms with Crippen molar-refractivity contribution in [2.24, 2.45) is 0 Å². The van der Waals surface area contributed by atoms with Gasteiger partial charge in [-0.15, -0.1) is 10.2 Å². The average molecular weight is 384 g/mol. The van der Waals surface area contributed by atoms with E-state index in [-0.39, 0.29) is 12.5 Å². The number of anilines is 1. The molecule has 0 saturated carbocycles. The number of ether oxygens (including phenoxy) is 2. The lowest BCUT2D eigenvalue weighted by atomic mass is 10.1. The molecule has 0 fully saturated rings. The zero-order valence-corrected chi connectivity index (χ0v) is 15.4. The van der Waals surface area contributed by atoms with Crippen molar-refractivity contribution < 1.29 is 14.3 Å². The number of rotatable bonds is 7. The number of carbonyl (C=O) groups excluding carboxylic acids is 1. The summed E-state index contributed by atoms with van der Waals surface area (Å²) in [4.78, 5) is 12.0. The highest BCUT2D eigenvalue weighted by molar-refractivity contribution is 6.32. The smallest absolute Gasteiger partial charge is 0.262 e. The Bertz CT molecular complexity index is 899. The summed E-state index contributed by atoms with van der Waals surface area (Å²) in [6, 6.07) is 17.9. The molecule has 0 spiro atoms. The first-order valence-electron chi connectivity index (χ1n) is 8.40. The summed E-state index contributed by atoms with van der Waals surface area (Å²) in [5.74, 6) is 0.686. The summed E-state index contributed by atoms with van der Waals surface area (Å²) >= 11 is 6.00. The topological polar surface area (TPSA) is 73.3 Å². The van der Waals surface area contributed by atoms with Crippen molar-refractivity contribution in [1.29, 1.82) is 0 Å². The molecule has 0 radical (unpaired) electrons. The standard InChI is InChI=1S/C20H18ClN3O3/c1-2-26-20-12-11-17(23-24-20)14-7-9-15(10-8-14)22-19(25)13-27-18-6-4-3-5-16(18)21/h3-12H,2,13H2,1H3,(H,22,25). The minimum absolute atomic E-state index is 0.129. The quantitative estimate of drug-likeness (QED) is 0.661. The Kier molecular flexibility index (Phi) is 6.22. The number of carbonyl (C=O) groups is 1. The van der Waals surface area contributed by atoms with Crippen LogP contribution in [-0.2, 0) is 4.79 Å². The van der Waals surface area contributed by atoms with Gasteiger partial charge in [0.25, 0.3) is 5.91 Å². The van der Waals surface area contributed by atoms with Crippen LogP contribution in [0.25, 0.3) is 11.3 Å². The maximum atomic E-state index is 12.0. The van der Waals surface area contributed by atoms with E-state index in [0.29, 0.717) is 28.9 Å². The number of aromatic nitrogens is 2. The molecule has 0 aliphatic rings. The van der Waals surface area contributed by atoms with Gasteiger partial charge in [-0.05, 0) is 37.3 Å². The van der Waals surface area contributed by atoms with Crippen LogP contribution in [0.5, 0.6) is 11.6 Å². The zero-order chi connectivity index (χ0) is 19.1. The summed E-state index contributed by atoms with van der Waals surface area (Å²) in [5, 5.41) is 11.4. The lowest BCUT2D eigenvalue weighted by molar-refractivity contribution is -0.118. The van der Waals surface area contributed by atoms with E-state index in [1.807, 2.05) is 25.1 Å². The molecule has 27 heavy (non-hydrogen) atoms. The molecule has 6 nitrogen and oxygen atoms in total. The molecular formula is C20H18ClN3O3. The maximum Gasteiger partial charge on any atom is 0.262 e. The monoisotopic (exact) mass is 383 g/mol. The number of nitrogens with zero attached hydrogens (tertiary/aromatic N) is 2. The number of para-hydroxylation sites is 1.